The second-order valence-corrected chi connectivity index (χ2v) is 7.62. The molecule has 26 heavy (non-hydrogen) atoms. The molecule has 0 aliphatic heterocycles. The molecule has 2 N–H and O–H groups in total. The SMILES string of the molecule is COc1ccc(CN(C)C(=O)c2cc(C)c(C)c(S(N)(=O)=O)c2)cc1F. The minimum atomic E-state index is -3.94. The summed E-state index contributed by atoms with van der Waals surface area (Å²) in [5, 5.41) is 5.23. The fourth-order valence-electron chi connectivity index (χ4n) is 2.62. The van der Waals surface area contributed by atoms with Crippen LogP contribution in [0.15, 0.2) is 35.2 Å². The summed E-state index contributed by atoms with van der Waals surface area (Å²) in [7, 11) is -1.02. The van der Waals surface area contributed by atoms with Crippen molar-refractivity contribution < 1.29 is 22.3 Å². The summed E-state index contributed by atoms with van der Waals surface area (Å²) in [5.74, 6) is -0.794. The van der Waals surface area contributed by atoms with Crippen LogP contribution < -0.4 is 9.88 Å². The molecule has 140 valence electrons. The van der Waals surface area contributed by atoms with Gasteiger partial charge in [-0.15, -0.1) is 0 Å². The van der Waals surface area contributed by atoms with Gasteiger partial charge in [0.1, 0.15) is 0 Å². The molecule has 0 aliphatic carbocycles. The Morgan fingerprint density at radius 1 is 1.23 bits per heavy atom. The molecule has 0 unspecified atom stereocenters. The summed E-state index contributed by atoms with van der Waals surface area (Å²) in [6, 6.07) is 7.31. The Labute approximate surface area is 152 Å². The molecule has 0 atom stereocenters. The van der Waals surface area contributed by atoms with Gasteiger partial charge in [-0.3, -0.25) is 4.79 Å². The normalized spacial score (nSPS) is 11.3. The van der Waals surface area contributed by atoms with Crippen molar-refractivity contribution in [3.63, 3.8) is 0 Å². The second kappa shape index (κ2) is 7.43. The highest BCUT2D eigenvalue weighted by atomic mass is 32.2. The number of hydrogen-bond acceptors (Lipinski definition) is 4. The van der Waals surface area contributed by atoms with Crippen LogP contribution in [0.1, 0.15) is 27.0 Å². The van der Waals surface area contributed by atoms with Gasteiger partial charge in [0.2, 0.25) is 10.0 Å². The zero-order chi connectivity index (χ0) is 19.6. The molecule has 0 spiro atoms. The predicted octanol–water partition coefficient (Wildman–Crippen LogP) is 2.37. The second-order valence-electron chi connectivity index (χ2n) is 6.09. The molecule has 0 fully saturated rings. The molecule has 0 aromatic heterocycles. The summed E-state index contributed by atoms with van der Waals surface area (Å²) in [4.78, 5) is 14.0. The lowest BCUT2D eigenvalue weighted by molar-refractivity contribution is 0.0784. The number of carbonyl (C=O) groups is 1. The number of methoxy groups -OCH3 is 1. The number of rotatable bonds is 5. The molecule has 0 saturated carbocycles. The first kappa shape index (κ1) is 19.9. The Bertz CT molecular complexity index is 958. The van der Waals surface area contributed by atoms with Gasteiger partial charge in [0.25, 0.3) is 5.91 Å². The standard InChI is InChI=1S/C18H21FN2O4S/c1-11-7-14(9-17(12(11)2)26(20,23)24)18(22)21(3)10-13-5-6-16(25-4)15(19)8-13/h5-9H,10H2,1-4H3,(H2,20,23,24). The summed E-state index contributed by atoms with van der Waals surface area (Å²) in [5.41, 5.74) is 1.93. The van der Waals surface area contributed by atoms with Crippen LogP contribution in [-0.4, -0.2) is 33.4 Å². The lowest BCUT2D eigenvalue weighted by atomic mass is 10.1. The highest BCUT2D eigenvalue weighted by Crippen LogP contribution is 2.22. The summed E-state index contributed by atoms with van der Waals surface area (Å²) < 4.78 is 42.1. The number of amides is 1. The number of benzene rings is 2. The Balaban J connectivity index is 2.31. The van der Waals surface area contributed by atoms with E-state index in [4.69, 9.17) is 9.88 Å². The summed E-state index contributed by atoms with van der Waals surface area (Å²) in [6.07, 6.45) is 0. The van der Waals surface area contributed by atoms with E-state index in [-0.39, 0.29) is 22.8 Å². The fourth-order valence-corrected chi connectivity index (χ4v) is 3.50. The zero-order valence-electron chi connectivity index (χ0n) is 15.0. The van der Waals surface area contributed by atoms with Crippen LogP contribution in [0, 0.1) is 19.7 Å². The number of carbonyl (C=O) groups excluding carboxylic acids is 1. The molecule has 2 aromatic carbocycles. The lowest BCUT2D eigenvalue weighted by Gasteiger charge is -2.19. The molecule has 6 nitrogen and oxygen atoms in total. The summed E-state index contributed by atoms with van der Waals surface area (Å²) in [6.45, 7) is 3.49. The maximum absolute atomic E-state index is 13.8. The third-order valence-electron chi connectivity index (χ3n) is 4.16. The van der Waals surface area contributed by atoms with Gasteiger partial charge < -0.3 is 9.64 Å². The van der Waals surface area contributed by atoms with Gasteiger partial charge in [-0.2, -0.15) is 0 Å². The number of halogens is 1. The first-order chi connectivity index (χ1) is 12.0. The minimum absolute atomic E-state index is 0.0789. The lowest BCUT2D eigenvalue weighted by Crippen LogP contribution is -2.27. The molecule has 0 radical (unpaired) electrons. The van der Waals surface area contributed by atoms with Crippen LogP contribution in [0.2, 0.25) is 0 Å². The van der Waals surface area contributed by atoms with E-state index >= 15 is 0 Å². The molecule has 1 amide bonds. The van der Waals surface area contributed by atoms with Crippen molar-refractivity contribution in [3.8, 4) is 5.75 Å². The Morgan fingerprint density at radius 3 is 2.42 bits per heavy atom. The third-order valence-corrected chi connectivity index (χ3v) is 5.19. The third kappa shape index (κ3) is 4.20. The first-order valence-corrected chi connectivity index (χ1v) is 9.31. The largest absolute Gasteiger partial charge is 0.494 e. The maximum Gasteiger partial charge on any atom is 0.253 e. The highest BCUT2D eigenvalue weighted by molar-refractivity contribution is 7.89. The van der Waals surface area contributed by atoms with Gasteiger partial charge in [-0.25, -0.2) is 17.9 Å². The predicted molar refractivity (Wildman–Crippen MR) is 96.0 cm³/mol. The van der Waals surface area contributed by atoms with Gasteiger partial charge in [-0.1, -0.05) is 6.07 Å². The van der Waals surface area contributed by atoms with Crippen molar-refractivity contribution in [1.82, 2.24) is 4.90 Å². The Hall–Kier alpha value is -2.45. The van der Waals surface area contributed by atoms with Crippen LogP contribution in [0.5, 0.6) is 5.75 Å². The number of primary sulfonamides is 1. The van der Waals surface area contributed by atoms with Crippen LogP contribution in [-0.2, 0) is 16.6 Å². The number of ether oxygens (including phenoxy) is 1. The van der Waals surface area contributed by atoms with E-state index < -0.39 is 21.7 Å². The van der Waals surface area contributed by atoms with E-state index in [2.05, 4.69) is 0 Å². The molecular formula is C18H21FN2O4S. The molecular weight excluding hydrogens is 359 g/mol. The zero-order valence-corrected chi connectivity index (χ0v) is 15.9. The van der Waals surface area contributed by atoms with Crippen molar-refractivity contribution in [2.45, 2.75) is 25.3 Å². The van der Waals surface area contributed by atoms with Crippen LogP contribution in [0.4, 0.5) is 4.39 Å². The van der Waals surface area contributed by atoms with Crippen molar-refractivity contribution in [2.75, 3.05) is 14.2 Å². The molecule has 2 aromatic rings. The summed E-state index contributed by atoms with van der Waals surface area (Å²) >= 11 is 0. The topological polar surface area (TPSA) is 89.7 Å². The number of nitrogens with zero attached hydrogens (tertiary/aromatic N) is 1. The van der Waals surface area contributed by atoms with Crippen LogP contribution >= 0.6 is 0 Å². The van der Waals surface area contributed by atoms with Gasteiger partial charge in [0.15, 0.2) is 11.6 Å². The van der Waals surface area contributed by atoms with Crippen molar-refractivity contribution in [1.29, 1.82) is 0 Å². The van der Waals surface area contributed by atoms with E-state index in [1.54, 1.807) is 33.0 Å². The quantitative estimate of drug-likeness (QED) is 0.862. The Morgan fingerprint density at radius 2 is 1.88 bits per heavy atom. The van der Waals surface area contributed by atoms with Crippen LogP contribution in [0.25, 0.3) is 0 Å². The molecule has 0 heterocycles. The molecule has 0 bridgehead atoms. The van der Waals surface area contributed by atoms with Gasteiger partial charge in [-0.05, 0) is 54.8 Å². The van der Waals surface area contributed by atoms with Gasteiger partial charge in [0, 0.05) is 19.2 Å². The molecule has 2 rings (SSSR count). The molecule has 8 heteroatoms. The molecule has 0 aliphatic rings. The van der Waals surface area contributed by atoms with Crippen LogP contribution in [0.3, 0.4) is 0 Å². The van der Waals surface area contributed by atoms with Crippen molar-refractivity contribution >= 4 is 15.9 Å². The average Bonchev–Trinajstić information content (AvgIpc) is 2.55. The smallest absolute Gasteiger partial charge is 0.253 e. The number of hydrogen-bond donors (Lipinski definition) is 1. The van der Waals surface area contributed by atoms with E-state index in [1.165, 1.54) is 30.2 Å². The van der Waals surface area contributed by atoms with E-state index in [9.17, 15) is 17.6 Å². The maximum atomic E-state index is 13.8. The first-order valence-electron chi connectivity index (χ1n) is 7.76. The number of sulfonamides is 1. The van der Waals surface area contributed by atoms with E-state index in [0.717, 1.165) is 0 Å². The Kier molecular flexibility index (Phi) is 5.68. The minimum Gasteiger partial charge on any atom is -0.494 e. The van der Waals surface area contributed by atoms with Crippen molar-refractivity contribution in [3.05, 3.63) is 58.4 Å². The van der Waals surface area contributed by atoms with Crippen molar-refractivity contribution in [2.24, 2.45) is 5.14 Å². The highest BCUT2D eigenvalue weighted by Gasteiger charge is 2.20. The number of nitrogens with two attached hydrogens (primary N) is 1. The monoisotopic (exact) mass is 380 g/mol. The van der Waals surface area contributed by atoms with Gasteiger partial charge >= 0.3 is 0 Å². The molecule has 0 saturated heterocycles. The number of aryl methyl sites for hydroxylation is 1. The van der Waals surface area contributed by atoms with E-state index in [1.807, 2.05) is 0 Å². The fraction of sp³-hybridized carbons (Fsp3) is 0.278. The van der Waals surface area contributed by atoms with E-state index in [0.29, 0.717) is 16.7 Å². The van der Waals surface area contributed by atoms with Gasteiger partial charge in [0.05, 0.1) is 12.0 Å². The average molecular weight is 380 g/mol.